The second-order valence-corrected chi connectivity index (χ2v) is 6.60. The highest BCUT2D eigenvalue weighted by Gasteiger charge is 2.19. The zero-order chi connectivity index (χ0) is 15.0. The van der Waals surface area contributed by atoms with Crippen LogP contribution in [0.1, 0.15) is 28.7 Å². The molecule has 3 rings (SSSR count). The lowest BCUT2D eigenvalue weighted by atomic mass is 10.2. The van der Waals surface area contributed by atoms with Crippen LogP contribution in [-0.4, -0.2) is 20.4 Å². The first-order valence-electron chi connectivity index (χ1n) is 6.75. The normalized spacial score (nSPS) is 13.0. The number of nitrogens with zero attached hydrogens (tertiary/aromatic N) is 3. The van der Waals surface area contributed by atoms with E-state index in [0.29, 0.717) is 12.3 Å². The van der Waals surface area contributed by atoms with Gasteiger partial charge in [0.2, 0.25) is 0 Å². The summed E-state index contributed by atoms with van der Waals surface area (Å²) in [6, 6.07) is 4.67. The van der Waals surface area contributed by atoms with Crippen LogP contribution in [0.5, 0.6) is 0 Å². The maximum absolute atomic E-state index is 13.6. The number of rotatable bonds is 4. The van der Waals surface area contributed by atoms with Crippen molar-refractivity contribution in [1.82, 2.24) is 14.5 Å². The van der Waals surface area contributed by atoms with Crippen LogP contribution in [0.2, 0.25) is 0 Å². The van der Waals surface area contributed by atoms with E-state index in [4.69, 9.17) is 11.6 Å². The lowest BCUT2D eigenvalue weighted by Crippen LogP contribution is -2.11. The molecule has 1 atom stereocenters. The Morgan fingerprint density at radius 3 is 2.90 bits per heavy atom. The van der Waals surface area contributed by atoms with Crippen LogP contribution < -0.4 is 0 Å². The summed E-state index contributed by atoms with van der Waals surface area (Å²) in [5.41, 5.74) is 1.58. The van der Waals surface area contributed by atoms with Gasteiger partial charge in [-0.15, -0.1) is 22.9 Å². The molecule has 0 aliphatic rings. The monoisotopic (exact) mass is 323 g/mol. The molecule has 110 valence electrons. The van der Waals surface area contributed by atoms with E-state index in [1.165, 1.54) is 12.1 Å². The zero-order valence-electron chi connectivity index (χ0n) is 11.8. The van der Waals surface area contributed by atoms with Gasteiger partial charge in [-0.2, -0.15) is 0 Å². The van der Waals surface area contributed by atoms with E-state index < -0.39 is 0 Å². The molecular formula is C15H15ClFN3S. The first-order valence-corrected chi connectivity index (χ1v) is 8.10. The predicted octanol–water partition coefficient (Wildman–Crippen LogP) is 4.33. The van der Waals surface area contributed by atoms with Crippen molar-refractivity contribution in [1.29, 1.82) is 0 Å². The van der Waals surface area contributed by atoms with E-state index in [1.807, 2.05) is 17.7 Å². The lowest BCUT2D eigenvalue weighted by molar-refractivity contribution is 0.611. The Labute approximate surface area is 131 Å². The summed E-state index contributed by atoms with van der Waals surface area (Å²) in [6.45, 7) is 4.08. The highest BCUT2D eigenvalue weighted by molar-refractivity contribution is 7.11. The van der Waals surface area contributed by atoms with Crippen LogP contribution in [0.3, 0.4) is 0 Å². The third-order valence-electron chi connectivity index (χ3n) is 3.43. The number of imidazole rings is 1. The highest BCUT2D eigenvalue weighted by atomic mass is 35.5. The Bertz CT molecular complexity index is 780. The highest BCUT2D eigenvalue weighted by Crippen LogP contribution is 2.29. The number of thiazole rings is 1. The number of aryl methyl sites for hydroxylation is 2. The number of fused-ring (bicyclic) bond motifs is 1. The van der Waals surface area contributed by atoms with Gasteiger partial charge in [0.1, 0.15) is 16.6 Å². The molecule has 0 N–H and O–H groups in total. The minimum Gasteiger partial charge on any atom is -0.318 e. The number of halogens is 2. The Hall–Kier alpha value is -1.46. The van der Waals surface area contributed by atoms with Gasteiger partial charge in [0.25, 0.3) is 0 Å². The van der Waals surface area contributed by atoms with Crippen molar-refractivity contribution in [3.63, 3.8) is 0 Å². The molecule has 0 radical (unpaired) electrons. The minimum atomic E-state index is -0.261. The third-order valence-corrected chi connectivity index (χ3v) is 4.70. The Balaban J connectivity index is 2.18. The molecule has 0 fully saturated rings. The van der Waals surface area contributed by atoms with Crippen molar-refractivity contribution in [2.45, 2.75) is 26.3 Å². The molecule has 0 saturated heterocycles. The molecule has 0 spiro atoms. The molecule has 2 aromatic heterocycles. The van der Waals surface area contributed by atoms with Crippen LogP contribution in [0, 0.1) is 12.7 Å². The summed E-state index contributed by atoms with van der Waals surface area (Å²) in [4.78, 5) is 10.2. The average molecular weight is 324 g/mol. The van der Waals surface area contributed by atoms with Gasteiger partial charge in [0.15, 0.2) is 0 Å². The van der Waals surface area contributed by atoms with Crippen LogP contribution in [0.25, 0.3) is 11.0 Å². The van der Waals surface area contributed by atoms with E-state index in [1.54, 1.807) is 17.4 Å². The van der Waals surface area contributed by atoms with E-state index in [9.17, 15) is 4.39 Å². The van der Waals surface area contributed by atoms with Crippen LogP contribution >= 0.6 is 22.9 Å². The smallest absolute Gasteiger partial charge is 0.125 e. The standard InChI is InChI=1S/C15H15ClFN3S/c1-9-8-18-15(21-9)10(2)20-13-7-11(17)3-4-12(13)19-14(20)5-6-16/h3-4,7-8,10H,5-6H2,1-2H3. The summed E-state index contributed by atoms with van der Waals surface area (Å²) in [5.74, 6) is 1.09. The van der Waals surface area contributed by atoms with Crippen LogP contribution in [0.4, 0.5) is 4.39 Å². The van der Waals surface area contributed by atoms with Gasteiger partial charge in [-0.3, -0.25) is 0 Å². The fourth-order valence-corrected chi connectivity index (χ4v) is 3.47. The maximum Gasteiger partial charge on any atom is 0.125 e. The van der Waals surface area contributed by atoms with Crippen LogP contribution in [0.15, 0.2) is 24.4 Å². The predicted molar refractivity (Wildman–Crippen MR) is 84.8 cm³/mol. The third kappa shape index (κ3) is 2.68. The van der Waals surface area contributed by atoms with E-state index in [2.05, 4.69) is 16.9 Å². The van der Waals surface area contributed by atoms with E-state index >= 15 is 0 Å². The van der Waals surface area contributed by atoms with E-state index in [-0.39, 0.29) is 11.9 Å². The summed E-state index contributed by atoms with van der Waals surface area (Å²) in [7, 11) is 0. The summed E-state index contributed by atoms with van der Waals surface area (Å²) < 4.78 is 15.6. The second kappa shape index (κ2) is 5.73. The zero-order valence-corrected chi connectivity index (χ0v) is 13.4. The van der Waals surface area contributed by atoms with Crippen molar-refractivity contribution in [3.05, 3.63) is 45.9 Å². The van der Waals surface area contributed by atoms with Crippen molar-refractivity contribution >= 4 is 34.0 Å². The number of hydrogen-bond acceptors (Lipinski definition) is 3. The number of hydrogen-bond donors (Lipinski definition) is 0. The van der Waals surface area contributed by atoms with Gasteiger partial charge in [-0.05, 0) is 32.0 Å². The molecule has 1 unspecified atom stereocenters. The van der Waals surface area contributed by atoms with Gasteiger partial charge in [-0.25, -0.2) is 14.4 Å². The summed E-state index contributed by atoms with van der Waals surface area (Å²) >= 11 is 7.53. The largest absolute Gasteiger partial charge is 0.318 e. The SMILES string of the molecule is Cc1cnc(C(C)n2c(CCCl)nc3ccc(F)cc32)s1. The minimum absolute atomic E-state index is 0.00807. The average Bonchev–Trinajstić information content (AvgIpc) is 3.02. The van der Waals surface area contributed by atoms with Gasteiger partial charge in [0.05, 0.1) is 17.1 Å². The fraction of sp³-hybridized carbons (Fsp3) is 0.333. The van der Waals surface area contributed by atoms with Gasteiger partial charge in [-0.1, -0.05) is 0 Å². The first kappa shape index (κ1) is 14.5. The molecule has 0 bridgehead atoms. The molecule has 0 amide bonds. The van der Waals surface area contributed by atoms with Gasteiger partial charge in [0, 0.05) is 23.4 Å². The lowest BCUT2D eigenvalue weighted by Gasteiger charge is -2.15. The molecular weight excluding hydrogens is 309 g/mol. The molecule has 0 saturated carbocycles. The molecule has 3 nitrogen and oxygen atoms in total. The Morgan fingerprint density at radius 2 is 2.24 bits per heavy atom. The van der Waals surface area contributed by atoms with Gasteiger partial charge >= 0.3 is 0 Å². The molecule has 3 aromatic rings. The Kier molecular flexibility index (Phi) is 3.95. The Morgan fingerprint density at radius 1 is 1.43 bits per heavy atom. The molecule has 6 heteroatoms. The quantitative estimate of drug-likeness (QED) is 0.669. The summed E-state index contributed by atoms with van der Waals surface area (Å²) in [5, 5.41) is 0.992. The molecule has 21 heavy (non-hydrogen) atoms. The van der Waals surface area contributed by atoms with Crippen molar-refractivity contribution in [3.8, 4) is 0 Å². The fourth-order valence-electron chi connectivity index (χ4n) is 2.48. The second-order valence-electron chi connectivity index (χ2n) is 4.96. The molecule has 0 aliphatic heterocycles. The van der Waals surface area contributed by atoms with Crippen molar-refractivity contribution in [2.24, 2.45) is 0 Å². The van der Waals surface area contributed by atoms with Crippen LogP contribution in [-0.2, 0) is 6.42 Å². The number of benzene rings is 1. The number of alkyl halides is 1. The molecule has 2 heterocycles. The number of aromatic nitrogens is 3. The van der Waals surface area contributed by atoms with Gasteiger partial charge < -0.3 is 4.57 Å². The van der Waals surface area contributed by atoms with Crippen molar-refractivity contribution in [2.75, 3.05) is 5.88 Å². The molecule has 1 aromatic carbocycles. The van der Waals surface area contributed by atoms with Crippen molar-refractivity contribution < 1.29 is 4.39 Å². The van der Waals surface area contributed by atoms with E-state index in [0.717, 1.165) is 26.7 Å². The topological polar surface area (TPSA) is 30.7 Å². The molecule has 0 aliphatic carbocycles. The first-order chi connectivity index (χ1) is 10.1. The maximum atomic E-state index is 13.6. The summed E-state index contributed by atoms with van der Waals surface area (Å²) in [6.07, 6.45) is 2.50.